The van der Waals surface area contributed by atoms with Gasteiger partial charge in [-0.1, -0.05) is 19.0 Å². The van der Waals surface area contributed by atoms with Crippen LogP contribution in [0.3, 0.4) is 0 Å². The van der Waals surface area contributed by atoms with E-state index < -0.39 is 0 Å². The van der Waals surface area contributed by atoms with Crippen molar-refractivity contribution in [3.8, 4) is 11.4 Å². The van der Waals surface area contributed by atoms with Gasteiger partial charge < -0.3 is 10.3 Å². The number of hydrogen-bond donors (Lipinski definition) is 1. The Labute approximate surface area is 105 Å². The van der Waals surface area contributed by atoms with Crippen LogP contribution in [-0.2, 0) is 0 Å². The third kappa shape index (κ3) is 2.41. The molecule has 1 aromatic heterocycles. The van der Waals surface area contributed by atoms with Crippen LogP contribution in [0, 0.1) is 18.7 Å². The van der Waals surface area contributed by atoms with Crippen LogP contribution in [0.25, 0.3) is 11.4 Å². The van der Waals surface area contributed by atoms with Gasteiger partial charge in [0.25, 0.3) is 0 Å². The van der Waals surface area contributed by atoms with E-state index in [2.05, 4.69) is 10.1 Å². The zero-order valence-corrected chi connectivity index (χ0v) is 10.6. The van der Waals surface area contributed by atoms with Crippen LogP contribution >= 0.6 is 0 Å². The standard InChI is InChI=1S/C13H16FN3O/c1-7(2)11(15)13-16-12(17-18-13)9-4-5-10(14)8(3)6-9/h4-7,11H,15H2,1-3H3. The van der Waals surface area contributed by atoms with Crippen molar-refractivity contribution in [2.45, 2.75) is 26.8 Å². The van der Waals surface area contributed by atoms with E-state index in [4.69, 9.17) is 10.3 Å². The topological polar surface area (TPSA) is 64.9 Å². The second kappa shape index (κ2) is 4.86. The summed E-state index contributed by atoms with van der Waals surface area (Å²) < 4.78 is 18.3. The zero-order valence-electron chi connectivity index (χ0n) is 10.6. The molecular weight excluding hydrogens is 233 g/mol. The van der Waals surface area contributed by atoms with Crippen LogP contribution in [0.2, 0.25) is 0 Å². The third-order valence-corrected chi connectivity index (χ3v) is 2.86. The van der Waals surface area contributed by atoms with Crippen LogP contribution in [-0.4, -0.2) is 10.1 Å². The molecule has 0 saturated heterocycles. The summed E-state index contributed by atoms with van der Waals surface area (Å²) >= 11 is 0. The second-order valence-corrected chi connectivity index (χ2v) is 4.69. The number of nitrogens with zero attached hydrogens (tertiary/aromatic N) is 2. The first kappa shape index (κ1) is 12.7. The molecule has 2 N–H and O–H groups in total. The predicted molar refractivity (Wildman–Crippen MR) is 66.2 cm³/mol. The molecule has 5 heteroatoms. The average Bonchev–Trinajstić information content (AvgIpc) is 2.81. The highest BCUT2D eigenvalue weighted by atomic mass is 19.1. The molecule has 0 aliphatic heterocycles. The largest absolute Gasteiger partial charge is 0.337 e. The number of aryl methyl sites for hydroxylation is 1. The van der Waals surface area contributed by atoms with Crippen LogP contribution in [0.5, 0.6) is 0 Å². The van der Waals surface area contributed by atoms with Crippen molar-refractivity contribution in [1.82, 2.24) is 10.1 Å². The summed E-state index contributed by atoms with van der Waals surface area (Å²) in [6, 6.07) is 4.42. The number of benzene rings is 1. The fourth-order valence-corrected chi connectivity index (χ4v) is 1.56. The maximum atomic E-state index is 13.2. The molecule has 0 aliphatic rings. The Morgan fingerprint density at radius 1 is 1.33 bits per heavy atom. The van der Waals surface area contributed by atoms with Crippen molar-refractivity contribution in [3.63, 3.8) is 0 Å². The van der Waals surface area contributed by atoms with Gasteiger partial charge in [0.2, 0.25) is 11.7 Å². The number of hydrogen-bond acceptors (Lipinski definition) is 4. The molecule has 0 fully saturated rings. The van der Waals surface area contributed by atoms with E-state index in [1.165, 1.54) is 6.07 Å². The molecule has 0 bridgehead atoms. The van der Waals surface area contributed by atoms with E-state index in [-0.39, 0.29) is 17.8 Å². The summed E-state index contributed by atoms with van der Waals surface area (Å²) in [7, 11) is 0. The molecule has 2 rings (SSSR count). The van der Waals surface area contributed by atoms with Crippen LogP contribution in [0.4, 0.5) is 4.39 Å². The minimum Gasteiger partial charge on any atom is -0.337 e. The van der Waals surface area contributed by atoms with E-state index in [0.717, 1.165) is 5.56 Å². The number of rotatable bonds is 3. The van der Waals surface area contributed by atoms with E-state index in [0.29, 0.717) is 17.3 Å². The quantitative estimate of drug-likeness (QED) is 0.908. The molecule has 96 valence electrons. The summed E-state index contributed by atoms with van der Waals surface area (Å²) in [5.41, 5.74) is 7.20. The van der Waals surface area contributed by atoms with Gasteiger partial charge in [-0.2, -0.15) is 4.98 Å². The molecule has 4 nitrogen and oxygen atoms in total. The van der Waals surface area contributed by atoms with Crippen molar-refractivity contribution >= 4 is 0 Å². The van der Waals surface area contributed by atoms with Gasteiger partial charge in [0.1, 0.15) is 5.82 Å². The Bertz CT molecular complexity index is 551. The average molecular weight is 249 g/mol. The zero-order chi connectivity index (χ0) is 13.3. The molecule has 0 amide bonds. The lowest BCUT2D eigenvalue weighted by Crippen LogP contribution is -2.16. The SMILES string of the molecule is Cc1cc(-c2noc(C(N)C(C)C)n2)ccc1F. The number of halogens is 1. The van der Waals surface area contributed by atoms with Gasteiger partial charge in [0.05, 0.1) is 6.04 Å². The molecule has 0 radical (unpaired) electrons. The van der Waals surface area contributed by atoms with Gasteiger partial charge in [-0.25, -0.2) is 4.39 Å². The lowest BCUT2D eigenvalue weighted by molar-refractivity contribution is 0.325. The lowest BCUT2D eigenvalue weighted by Gasteiger charge is -2.09. The smallest absolute Gasteiger partial charge is 0.244 e. The number of nitrogens with two attached hydrogens (primary N) is 1. The summed E-state index contributed by atoms with van der Waals surface area (Å²) in [6.45, 7) is 5.66. The summed E-state index contributed by atoms with van der Waals surface area (Å²) in [6.07, 6.45) is 0. The first-order valence-electron chi connectivity index (χ1n) is 5.84. The van der Waals surface area contributed by atoms with Crippen molar-refractivity contribution in [1.29, 1.82) is 0 Å². The highest BCUT2D eigenvalue weighted by Gasteiger charge is 2.18. The molecule has 18 heavy (non-hydrogen) atoms. The van der Waals surface area contributed by atoms with Crippen molar-refractivity contribution in [2.75, 3.05) is 0 Å². The molecule has 1 atom stereocenters. The fraction of sp³-hybridized carbons (Fsp3) is 0.385. The van der Waals surface area contributed by atoms with Crippen LogP contribution in [0.15, 0.2) is 22.7 Å². The maximum Gasteiger partial charge on any atom is 0.244 e. The first-order chi connectivity index (χ1) is 8.49. The fourth-order valence-electron chi connectivity index (χ4n) is 1.56. The Hall–Kier alpha value is -1.75. The van der Waals surface area contributed by atoms with E-state index in [1.54, 1.807) is 19.1 Å². The summed E-state index contributed by atoms with van der Waals surface area (Å²) in [5, 5.41) is 3.87. The minimum atomic E-state index is -0.284. The molecule has 1 unspecified atom stereocenters. The molecule has 1 heterocycles. The Morgan fingerprint density at radius 2 is 2.06 bits per heavy atom. The molecule has 0 spiro atoms. The second-order valence-electron chi connectivity index (χ2n) is 4.69. The van der Waals surface area contributed by atoms with E-state index in [1.807, 2.05) is 13.8 Å². The van der Waals surface area contributed by atoms with Gasteiger partial charge in [0, 0.05) is 5.56 Å². The molecule has 2 aromatic rings. The van der Waals surface area contributed by atoms with E-state index >= 15 is 0 Å². The van der Waals surface area contributed by atoms with Crippen molar-refractivity contribution < 1.29 is 8.91 Å². The number of aromatic nitrogens is 2. The Kier molecular flexibility index (Phi) is 3.43. The summed E-state index contributed by atoms with van der Waals surface area (Å²) in [4.78, 5) is 4.25. The molecule has 0 saturated carbocycles. The van der Waals surface area contributed by atoms with Crippen molar-refractivity contribution in [2.24, 2.45) is 11.7 Å². The lowest BCUT2D eigenvalue weighted by atomic mass is 10.1. The normalized spacial score (nSPS) is 13.0. The highest BCUT2D eigenvalue weighted by molar-refractivity contribution is 5.55. The van der Waals surface area contributed by atoms with Gasteiger partial charge in [-0.3, -0.25) is 0 Å². The van der Waals surface area contributed by atoms with Gasteiger partial charge in [-0.15, -0.1) is 0 Å². The Balaban J connectivity index is 2.32. The van der Waals surface area contributed by atoms with E-state index in [9.17, 15) is 4.39 Å². The molecular formula is C13H16FN3O. The van der Waals surface area contributed by atoms with Crippen LogP contribution in [0.1, 0.15) is 31.3 Å². The van der Waals surface area contributed by atoms with Crippen LogP contribution < -0.4 is 5.73 Å². The highest BCUT2D eigenvalue weighted by Crippen LogP contribution is 2.22. The first-order valence-corrected chi connectivity index (χ1v) is 5.84. The van der Waals surface area contributed by atoms with Gasteiger partial charge >= 0.3 is 0 Å². The van der Waals surface area contributed by atoms with Crippen molar-refractivity contribution in [3.05, 3.63) is 35.5 Å². The Morgan fingerprint density at radius 3 is 2.67 bits per heavy atom. The molecule has 0 aliphatic carbocycles. The minimum absolute atomic E-state index is 0.216. The predicted octanol–water partition coefficient (Wildman–Crippen LogP) is 2.84. The molecule has 1 aromatic carbocycles. The maximum absolute atomic E-state index is 13.2. The summed E-state index contributed by atoms with van der Waals surface area (Å²) in [5.74, 6) is 0.806. The van der Waals surface area contributed by atoms with Gasteiger partial charge in [0.15, 0.2) is 0 Å². The third-order valence-electron chi connectivity index (χ3n) is 2.86. The monoisotopic (exact) mass is 249 g/mol. The van der Waals surface area contributed by atoms with Gasteiger partial charge in [-0.05, 0) is 36.6 Å².